The first-order valence-corrected chi connectivity index (χ1v) is 6.85. The summed E-state index contributed by atoms with van der Waals surface area (Å²) in [4.78, 5) is 2.21. The van der Waals surface area contributed by atoms with Crippen molar-refractivity contribution in [1.29, 1.82) is 5.26 Å². The van der Waals surface area contributed by atoms with Crippen LogP contribution in [0.4, 0.5) is 0 Å². The fourth-order valence-corrected chi connectivity index (χ4v) is 2.34. The fourth-order valence-electron chi connectivity index (χ4n) is 2.34. The van der Waals surface area contributed by atoms with E-state index in [9.17, 15) is 0 Å². The summed E-state index contributed by atoms with van der Waals surface area (Å²) in [5.41, 5.74) is 1.89. The standard InChI is InChI=1S/C15H26N4/c1-12(2)6-14(11-18(3)4)17-9-13-7-15(8-16)19(5)10-13/h7,10,12,14,17H,6,9,11H2,1-5H3. The molecule has 0 aliphatic carbocycles. The highest BCUT2D eigenvalue weighted by atomic mass is 15.1. The van der Waals surface area contributed by atoms with Gasteiger partial charge in [0.05, 0.1) is 0 Å². The zero-order chi connectivity index (χ0) is 14.4. The number of nitriles is 1. The van der Waals surface area contributed by atoms with Crippen LogP contribution in [0.3, 0.4) is 0 Å². The molecule has 0 radical (unpaired) electrons. The molecule has 19 heavy (non-hydrogen) atoms. The molecule has 0 saturated heterocycles. The summed E-state index contributed by atoms with van der Waals surface area (Å²) in [5, 5.41) is 12.5. The Balaban J connectivity index is 2.57. The molecule has 1 atom stereocenters. The normalized spacial score (nSPS) is 12.9. The fraction of sp³-hybridized carbons (Fsp3) is 0.667. The SMILES string of the molecule is CC(C)CC(CN(C)C)NCc1cc(C#N)n(C)c1. The molecule has 1 N–H and O–H groups in total. The number of nitrogens with one attached hydrogen (secondary N) is 1. The van der Waals surface area contributed by atoms with Crippen LogP contribution in [0.15, 0.2) is 12.3 Å². The topological polar surface area (TPSA) is 44.0 Å². The number of hydrogen-bond acceptors (Lipinski definition) is 3. The number of aryl methyl sites for hydroxylation is 1. The molecule has 106 valence electrons. The van der Waals surface area contributed by atoms with Gasteiger partial charge in [-0.2, -0.15) is 5.26 Å². The first-order chi connectivity index (χ1) is 8.92. The Morgan fingerprint density at radius 1 is 1.42 bits per heavy atom. The highest BCUT2D eigenvalue weighted by molar-refractivity contribution is 5.28. The predicted octanol–water partition coefficient (Wildman–Crippen LogP) is 1.96. The molecule has 0 fully saturated rings. The molecule has 0 aromatic carbocycles. The van der Waals surface area contributed by atoms with Gasteiger partial charge in [-0.15, -0.1) is 0 Å². The van der Waals surface area contributed by atoms with Gasteiger partial charge >= 0.3 is 0 Å². The van der Waals surface area contributed by atoms with Gasteiger partial charge in [0.2, 0.25) is 0 Å². The summed E-state index contributed by atoms with van der Waals surface area (Å²) in [6.07, 6.45) is 3.18. The minimum absolute atomic E-state index is 0.487. The van der Waals surface area contributed by atoms with Crippen molar-refractivity contribution in [2.75, 3.05) is 20.6 Å². The van der Waals surface area contributed by atoms with E-state index in [2.05, 4.69) is 44.2 Å². The first-order valence-electron chi connectivity index (χ1n) is 6.85. The number of aromatic nitrogens is 1. The van der Waals surface area contributed by atoms with Crippen molar-refractivity contribution in [2.45, 2.75) is 32.9 Å². The summed E-state index contributed by atoms with van der Waals surface area (Å²) < 4.78 is 1.88. The van der Waals surface area contributed by atoms with Crippen molar-refractivity contribution in [3.8, 4) is 6.07 Å². The maximum atomic E-state index is 8.95. The Hall–Kier alpha value is -1.31. The molecule has 0 aliphatic rings. The number of rotatable bonds is 7. The summed E-state index contributed by atoms with van der Waals surface area (Å²) in [7, 11) is 6.12. The quantitative estimate of drug-likeness (QED) is 0.817. The average Bonchev–Trinajstić information content (AvgIpc) is 2.65. The van der Waals surface area contributed by atoms with E-state index in [1.165, 1.54) is 5.56 Å². The van der Waals surface area contributed by atoms with Gasteiger partial charge in [0.15, 0.2) is 0 Å². The van der Waals surface area contributed by atoms with Gasteiger partial charge in [-0.3, -0.25) is 0 Å². The highest BCUT2D eigenvalue weighted by Crippen LogP contribution is 2.09. The van der Waals surface area contributed by atoms with E-state index < -0.39 is 0 Å². The second kappa shape index (κ2) is 7.32. The van der Waals surface area contributed by atoms with Crippen LogP contribution < -0.4 is 5.32 Å². The van der Waals surface area contributed by atoms with Gasteiger partial charge in [-0.1, -0.05) is 13.8 Å². The second-order valence-corrected chi connectivity index (χ2v) is 5.93. The summed E-state index contributed by atoms with van der Waals surface area (Å²) in [6, 6.07) is 4.63. The highest BCUT2D eigenvalue weighted by Gasteiger charge is 2.12. The summed E-state index contributed by atoms with van der Waals surface area (Å²) >= 11 is 0. The number of hydrogen-bond donors (Lipinski definition) is 1. The van der Waals surface area contributed by atoms with Crippen molar-refractivity contribution in [1.82, 2.24) is 14.8 Å². The minimum Gasteiger partial charge on any atom is -0.342 e. The van der Waals surface area contributed by atoms with Gasteiger partial charge in [0.1, 0.15) is 11.8 Å². The van der Waals surface area contributed by atoms with Gasteiger partial charge in [0, 0.05) is 32.4 Å². The van der Waals surface area contributed by atoms with E-state index in [1.54, 1.807) is 0 Å². The van der Waals surface area contributed by atoms with Gasteiger partial charge in [0.25, 0.3) is 0 Å². The lowest BCUT2D eigenvalue weighted by atomic mass is 10.0. The summed E-state index contributed by atoms with van der Waals surface area (Å²) in [5.74, 6) is 0.683. The maximum absolute atomic E-state index is 8.95. The molecular weight excluding hydrogens is 236 g/mol. The Morgan fingerprint density at radius 2 is 2.11 bits per heavy atom. The second-order valence-electron chi connectivity index (χ2n) is 5.93. The van der Waals surface area contributed by atoms with E-state index in [-0.39, 0.29) is 0 Å². The third-order valence-corrected chi connectivity index (χ3v) is 3.11. The lowest BCUT2D eigenvalue weighted by molar-refractivity contribution is 0.305. The van der Waals surface area contributed by atoms with Crippen molar-refractivity contribution in [3.63, 3.8) is 0 Å². The van der Waals surface area contributed by atoms with Gasteiger partial charge < -0.3 is 14.8 Å². The Kier molecular flexibility index (Phi) is 6.07. The van der Waals surface area contributed by atoms with Crippen LogP contribution in [-0.4, -0.2) is 36.1 Å². The van der Waals surface area contributed by atoms with Gasteiger partial charge in [-0.05, 0) is 38.1 Å². The van der Waals surface area contributed by atoms with Crippen LogP contribution in [0.2, 0.25) is 0 Å². The van der Waals surface area contributed by atoms with Gasteiger partial charge in [-0.25, -0.2) is 0 Å². The largest absolute Gasteiger partial charge is 0.342 e. The molecule has 4 nitrogen and oxygen atoms in total. The first kappa shape index (κ1) is 15.7. The van der Waals surface area contributed by atoms with Crippen molar-refractivity contribution < 1.29 is 0 Å². The number of likely N-dealkylation sites (N-methyl/N-ethyl adjacent to an activating group) is 1. The molecule has 1 rings (SSSR count). The van der Waals surface area contributed by atoms with Crippen LogP contribution in [-0.2, 0) is 13.6 Å². The Bertz CT molecular complexity index is 416. The molecular formula is C15H26N4. The van der Waals surface area contributed by atoms with Crippen LogP contribution in [0.5, 0.6) is 0 Å². The van der Waals surface area contributed by atoms with Crippen LogP contribution >= 0.6 is 0 Å². The molecule has 4 heteroatoms. The van der Waals surface area contributed by atoms with Crippen LogP contribution in [0.25, 0.3) is 0 Å². The zero-order valence-corrected chi connectivity index (χ0v) is 12.8. The maximum Gasteiger partial charge on any atom is 0.120 e. The lowest BCUT2D eigenvalue weighted by Gasteiger charge is -2.23. The summed E-state index contributed by atoms with van der Waals surface area (Å²) in [6.45, 7) is 6.36. The molecule has 0 spiro atoms. The molecule has 0 bridgehead atoms. The molecule has 1 unspecified atom stereocenters. The molecule has 1 aromatic heterocycles. The third kappa shape index (κ3) is 5.46. The van der Waals surface area contributed by atoms with Crippen molar-refractivity contribution in [3.05, 3.63) is 23.5 Å². The Morgan fingerprint density at radius 3 is 2.58 bits per heavy atom. The van der Waals surface area contributed by atoms with E-state index in [0.717, 1.165) is 19.5 Å². The molecule has 1 heterocycles. The molecule has 0 aliphatic heterocycles. The lowest BCUT2D eigenvalue weighted by Crippen LogP contribution is -2.38. The Labute approximate surface area is 117 Å². The third-order valence-electron chi connectivity index (χ3n) is 3.11. The predicted molar refractivity (Wildman–Crippen MR) is 78.8 cm³/mol. The molecule has 0 saturated carbocycles. The number of nitrogens with zero attached hydrogens (tertiary/aromatic N) is 3. The zero-order valence-electron chi connectivity index (χ0n) is 12.8. The minimum atomic E-state index is 0.487. The van der Waals surface area contributed by atoms with E-state index in [1.807, 2.05) is 23.9 Å². The molecule has 1 aromatic rings. The van der Waals surface area contributed by atoms with Crippen LogP contribution in [0.1, 0.15) is 31.5 Å². The average molecular weight is 262 g/mol. The van der Waals surface area contributed by atoms with Crippen LogP contribution in [0, 0.1) is 17.2 Å². The monoisotopic (exact) mass is 262 g/mol. The van der Waals surface area contributed by atoms with E-state index >= 15 is 0 Å². The van der Waals surface area contributed by atoms with E-state index in [0.29, 0.717) is 17.7 Å². The van der Waals surface area contributed by atoms with Crippen molar-refractivity contribution in [2.24, 2.45) is 13.0 Å². The molecule has 0 amide bonds. The van der Waals surface area contributed by atoms with Crippen molar-refractivity contribution >= 4 is 0 Å². The smallest absolute Gasteiger partial charge is 0.120 e. The van der Waals surface area contributed by atoms with E-state index in [4.69, 9.17) is 5.26 Å².